The van der Waals surface area contributed by atoms with Gasteiger partial charge >= 0.3 is 0 Å². The van der Waals surface area contributed by atoms with Crippen LogP contribution in [0.1, 0.15) is 53.6 Å². The maximum atomic E-state index is 5.76. The lowest BCUT2D eigenvalue weighted by atomic mass is 10.1. The maximum Gasteiger partial charge on any atom is 0.125 e. The van der Waals surface area contributed by atoms with Crippen molar-refractivity contribution < 1.29 is 6.16 Å². The summed E-state index contributed by atoms with van der Waals surface area (Å²) in [6, 6.07) is 6.59. The van der Waals surface area contributed by atoms with Gasteiger partial charge in [0.2, 0.25) is 0 Å². The van der Waals surface area contributed by atoms with Crippen molar-refractivity contribution in [2.24, 2.45) is 0 Å². The van der Waals surface area contributed by atoms with Crippen LogP contribution < -0.4 is 10.1 Å². The van der Waals surface area contributed by atoms with Crippen molar-refractivity contribution in [3.8, 4) is 5.75 Å². The number of likely N-dealkylation sites (N-methyl/N-ethyl adjacent to an activating group) is 1. The van der Waals surface area contributed by atoms with Gasteiger partial charge in [0.25, 0.3) is 0 Å². The van der Waals surface area contributed by atoms with E-state index >= 15 is 0 Å². The Morgan fingerprint density at radius 3 is 1.95 bits per heavy atom. The fourth-order valence-electron chi connectivity index (χ4n) is 1.32. The van der Waals surface area contributed by atoms with Gasteiger partial charge in [0, 0.05) is 7.47 Å². The quantitative estimate of drug-likeness (QED) is 0.832. The molecule has 1 unspecified atom stereocenters. The molecule has 0 fully saturated rings. The van der Waals surface area contributed by atoms with Crippen LogP contribution in [0.3, 0.4) is 0 Å². The maximum absolute atomic E-state index is 5.76. The first-order valence-corrected chi connectivity index (χ1v) is 7.43. The number of rotatable bonds is 4. The third-order valence-electron chi connectivity index (χ3n) is 2.38. The van der Waals surface area contributed by atoms with Crippen molar-refractivity contribution in [2.75, 3.05) is 13.7 Å². The van der Waals surface area contributed by atoms with E-state index in [4.69, 9.17) is 4.74 Å². The van der Waals surface area contributed by atoms with E-state index in [-0.39, 0.29) is 1.43 Å². The predicted octanol–water partition coefficient (Wildman–Crippen LogP) is 4.98. The van der Waals surface area contributed by atoms with Crippen LogP contribution in [0.15, 0.2) is 18.2 Å². The number of para-hydroxylation sites is 1. The lowest BCUT2D eigenvalue weighted by Gasteiger charge is -2.15. The zero-order valence-electron chi connectivity index (χ0n) is 14.1. The molecule has 1 aromatic rings. The van der Waals surface area contributed by atoms with E-state index in [1.807, 2.05) is 20.9 Å². The number of hydrogen-bond acceptors (Lipinski definition) is 2. The molecule has 0 aliphatic heterocycles. The summed E-state index contributed by atoms with van der Waals surface area (Å²) in [6.07, 6.45) is 1.25. The van der Waals surface area contributed by atoms with Crippen molar-refractivity contribution in [1.29, 1.82) is 0 Å². The van der Waals surface area contributed by atoms with E-state index in [2.05, 4.69) is 58.1 Å². The lowest BCUT2D eigenvalue weighted by molar-refractivity contribution is 0.276. The van der Waals surface area contributed by atoms with Gasteiger partial charge in [-0.15, -0.1) is 0 Å². The van der Waals surface area contributed by atoms with Crippen molar-refractivity contribution in [2.45, 2.75) is 60.9 Å². The lowest BCUT2D eigenvalue weighted by Crippen LogP contribution is -2.28. The van der Waals surface area contributed by atoms with Crippen molar-refractivity contribution >= 4 is 0 Å². The van der Waals surface area contributed by atoms with E-state index in [1.54, 1.807) is 0 Å². The van der Waals surface area contributed by atoms with Gasteiger partial charge in [-0.1, -0.05) is 52.3 Å². The first-order valence-electron chi connectivity index (χ1n) is 7.43. The van der Waals surface area contributed by atoms with Gasteiger partial charge in [0.05, 0.1) is 0 Å². The minimum atomic E-state index is 0. The minimum Gasteiger partial charge on any atom is -0.491 e. The molecule has 0 aromatic heterocycles. The number of benzene rings is 1. The highest BCUT2D eigenvalue weighted by Crippen LogP contribution is 2.22. The SMILES string of the molecule is CC.CCC.CNC(C)COc1c(C)cccc1C.[HH]. The summed E-state index contributed by atoms with van der Waals surface area (Å²) >= 11 is 0. The Labute approximate surface area is 122 Å². The summed E-state index contributed by atoms with van der Waals surface area (Å²) in [5.41, 5.74) is 2.40. The number of aryl methyl sites for hydroxylation is 2. The monoisotopic (exact) mass is 269 g/mol. The van der Waals surface area contributed by atoms with Crippen molar-refractivity contribution in [3.63, 3.8) is 0 Å². The molecule has 2 heteroatoms. The van der Waals surface area contributed by atoms with Crippen LogP contribution in [0, 0.1) is 13.8 Å². The summed E-state index contributed by atoms with van der Waals surface area (Å²) in [4.78, 5) is 0. The van der Waals surface area contributed by atoms with E-state index in [0.717, 1.165) is 5.75 Å². The molecule has 0 amide bonds. The van der Waals surface area contributed by atoms with E-state index < -0.39 is 0 Å². The molecule has 1 rings (SSSR count). The highest BCUT2D eigenvalue weighted by Gasteiger charge is 2.04. The summed E-state index contributed by atoms with van der Waals surface area (Å²) in [5, 5.41) is 3.15. The molecule has 0 saturated heterocycles. The molecule has 0 radical (unpaired) electrons. The molecule has 1 aromatic carbocycles. The van der Waals surface area contributed by atoms with Crippen molar-refractivity contribution in [1.82, 2.24) is 5.32 Å². The fraction of sp³-hybridized carbons (Fsp3) is 0.647. The normalized spacial score (nSPS) is 10.5. The average Bonchev–Trinajstić information content (AvgIpc) is 2.41. The van der Waals surface area contributed by atoms with Gasteiger partial charge in [0.15, 0.2) is 0 Å². The molecule has 0 aliphatic carbocycles. The molecular weight excluding hydrogens is 234 g/mol. The highest BCUT2D eigenvalue weighted by molar-refractivity contribution is 5.39. The topological polar surface area (TPSA) is 21.3 Å². The third kappa shape index (κ3) is 9.54. The average molecular weight is 269 g/mol. The molecule has 114 valence electrons. The molecule has 1 N–H and O–H groups in total. The molecule has 0 bridgehead atoms. The predicted molar refractivity (Wildman–Crippen MR) is 89.4 cm³/mol. The van der Waals surface area contributed by atoms with Crippen LogP contribution in [-0.4, -0.2) is 19.7 Å². The molecule has 19 heavy (non-hydrogen) atoms. The second-order valence-electron chi connectivity index (χ2n) is 4.43. The molecule has 0 heterocycles. The Morgan fingerprint density at radius 2 is 1.58 bits per heavy atom. The van der Waals surface area contributed by atoms with Crippen LogP contribution in [0.4, 0.5) is 0 Å². The first-order chi connectivity index (χ1) is 9.06. The minimum absolute atomic E-state index is 0. The Bertz CT molecular complexity index is 296. The Hall–Kier alpha value is -1.02. The van der Waals surface area contributed by atoms with Gasteiger partial charge in [-0.25, -0.2) is 0 Å². The fourth-order valence-corrected chi connectivity index (χ4v) is 1.32. The smallest absolute Gasteiger partial charge is 0.125 e. The number of hydrogen-bond donors (Lipinski definition) is 1. The molecule has 0 aliphatic rings. The number of ether oxygens (including phenoxy) is 1. The molecule has 1 atom stereocenters. The van der Waals surface area contributed by atoms with Crippen LogP contribution in [0.2, 0.25) is 0 Å². The third-order valence-corrected chi connectivity index (χ3v) is 2.38. The molecular formula is C17H35NO. The van der Waals surface area contributed by atoms with Gasteiger partial charge in [0.1, 0.15) is 12.4 Å². The second kappa shape index (κ2) is 13.4. The van der Waals surface area contributed by atoms with Crippen molar-refractivity contribution in [3.05, 3.63) is 29.3 Å². The van der Waals surface area contributed by atoms with Crippen LogP contribution in [-0.2, 0) is 0 Å². The van der Waals surface area contributed by atoms with Gasteiger partial charge in [-0.3, -0.25) is 0 Å². The highest BCUT2D eigenvalue weighted by atomic mass is 16.5. The Morgan fingerprint density at radius 1 is 1.16 bits per heavy atom. The van der Waals surface area contributed by atoms with Crippen LogP contribution >= 0.6 is 0 Å². The summed E-state index contributed by atoms with van der Waals surface area (Å²) in [7, 11) is 1.94. The zero-order valence-corrected chi connectivity index (χ0v) is 14.1. The summed E-state index contributed by atoms with van der Waals surface area (Å²) in [6.45, 7) is 15.2. The van der Waals surface area contributed by atoms with Gasteiger partial charge in [-0.05, 0) is 38.9 Å². The molecule has 0 saturated carbocycles. The van der Waals surface area contributed by atoms with E-state index in [0.29, 0.717) is 12.6 Å². The Balaban J connectivity index is -0.000000426. The number of nitrogens with one attached hydrogen (secondary N) is 1. The van der Waals surface area contributed by atoms with Crippen LogP contribution in [0.5, 0.6) is 5.75 Å². The van der Waals surface area contributed by atoms with Gasteiger partial charge < -0.3 is 10.1 Å². The Kier molecular flexibility index (Phi) is 14.3. The van der Waals surface area contributed by atoms with Crippen LogP contribution in [0.25, 0.3) is 0 Å². The summed E-state index contributed by atoms with van der Waals surface area (Å²) < 4.78 is 5.76. The van der Waals surface area contributed by atoms with E-state index in [9.17, 15) is 0 Å². The first kappa shape index (κ1) is 20.3. The van der Waals surface area contributed by atoms with E-state index in [1.165, 1.54) is 17.5 Å². The standard InChI is InChI=1S/C12H19NO.C3H8.C2H6.H2/c1-9-6-5-7-10(2)12(9)14-8-11(3)13-4;1-3-2;1-2;/h5-7,11,13H,8H2,1-4H3;3H2,1-2H3;1-2H3;1H. The molecule has 2 nitrogen and oxygen atoms in total. The largest absolute Gasteiger partial charge is 0.491 e. The summed E-state index contributed by atoms with van der Waals surface area (Å²) in [5.74, 6) is 1.02. The van der Waals surface area contributed by atoms with Gasteiger partial charge in [-0.2, -0.15) is 0 Å². The molecule has 0 spiro atoms. The zero-order chi connectivity index (χ0) is 15.3. The second-order valence-corrected chi connectivity index (χ2v) is 4.43.